The molecule has 2 aromatic rings. The quantitative estimate of drug-likeness (QED) is 0.683. The zero-order valence-electron chi connectivity index (χ0n) is 16.4. The van der Waals surface area contributed by atoms with Crippen molar-refractivity contribution in [3.63, 3.8) is 0 Å². The predicted molar refractivity (Wildman–Crippen MR) is 112 cm³/mol. The summed E-state index contributed by atoms with van der Waals surface area (Å²) in [7, 11) is -7.44. The molecule has 1 amide bonds. The Hall–Kier alpha value is -2.50. The van der Waals surface area contributed by atoms with Gasteiger partial charge >= 0.3 is 0 Å². The summed E-state index contributed by atoms with van der Waals surface area (Å²) < 4.78 is 52.8. The lowest BCUT2D eigenvalue weighted by Crippen LogP contribution is -2.49. The largest absolute Gasteiger partial charge is 0.354 e. The van der Waals surface area contributed by atoms with Gasteiger partial charge in [-0.2, -0.15) is 4.31 Å². The smallest absolute Gasteiger partial charge is 0.243 e. The third-order valence-corrected chi connectivity index (χ3v) is 9.05. The second kappa shape index (κ2) is 7.64. The summed E-state index contributed by atoms with van der Waals surface area (Å²) in [5.74, 6) is 0.0769. The summed E-state index contributed by atoms with van der Waals surface area (Å²) in [6.07, 6.45) is 1.64. The van der Waals surface area contributed by atoms with E-state index in [9.17, 15) is 21.6 Å². The lowest BCUT2D eigenvalue weighted by atomic mass is 10.2. The van der Waals surface area contributed by atoms with Crippen molar-refractivity contribution in [2.75, 3.05) is 41.1 Å². The molecule has 0 radical (unpaired) electrons. The molecule has 2 aliphatic heterocycles. The molecule has 0 saturated carbocycles. The Morgan fingerprint density at radius 1 is 1.03 bits per heavy atom. The van der Waals surface area contributed by atoms with Crippen LogP contribution in [-0.4, -0.2) is 64.0 Å². The molecular formula is C19H22N4O5S2. The molecule has 0 atom stereocenters. The number of carbonyl (C=O) groups is 1. The highest BCUT2D eigenvalue weighted by Crippen LogP contribution is 2.30. The number of aryl methyl sites for hydroxylation is 1. The first-order chi connectivity index (χ1) is 14.2. The number of benzene rings is 1. The maximum absolute atomic E-state index is 13.2. The number of pyridine rings is 1. The van der Waals surface area contributed by atoms with E-state index < -0.39 is 26.0 Å². The number of hydrogen-bond acceptors (Lipinski definition) is 7. The minimum atomic E-state index is -3.75. The normalized spacial score (nSPS) is 20.0. The van der Waals surface area contributed by atoms with Gasteiger partial charge in [-0.05, 0) is 42.8 Å². The summed E-state index contributed by atoms with van der Waals surface area (Å²) in [4.78, 5) is 18.4. The number of piperazine rings is 1. The fourth-order valence-corrected chi connectivity index (χ4v) is 6.84. The Morgan fingerprint density at radius 3 is 2.33 bits per heavy atom. The molecular weight excluding hydrogens is 428 g/mol. The fourth-order valence-electron chi connectivity index (χ4n) is 3.76. The maximum Gasteiger partial charge on any atom is 0.243 e. The van der Waals surface area contributed by atoms with Crippen molar-refractivity contribution in [3.05, 3.63) is 48.2 Å². The van der Waals surface area contributed by atoms with Crippen molar-refractivity contribution in [2.24, 2.45) is 0 Å². The molecule has 0 spiro atoms. The van der Waals surface area contributed by atoms with E-state index in [1.54, 1.807) is 13.1 Å². The van der Waals surface area contributed by atoms with Crippen molar-refractivity contribution in [1.82, 2.24) is 9.29 Å². The van der Waals surface area contributed by atoms with Crippen LogP contribution in [0.4, 0.5) is 11.5 Å². The summed E-state index contributed by atoms with van der Waals surface area (Å²) in [5, 5.41) is 0. The van der Waals surface area contributed by atoms with Gasteiger partial charge in [-0.1, -0.05) is 6.07 Å². The first-order valence-corrected chi connectivity index (χ1v) is 12.6. The molecule has 2 aliphatic rings. The van der Waals surface area contributed by atoms with Gasteiger partial charge in [0.1, 0.15) is 5.82 Å². The third-order valence-electron chi connectivity index (χ3n) is 5.30. The average molecular weight is 451 g/mol. The van der Waals surface area contributed by atoms with Crippen molar-refractivity contribution >= 4 is 37.5 Å². The second-order valence-corrected chi connectivity index (χ2v) is 11.1. The number of rotatable bonds is 4. The predicted octanol–water partition coefficient (Wildman–Crippen LogP) is 0.967. The van der Waals surface area contributed by atoms with Crippen LogP contribution < -0.4 is 9.21 Å². The second-order valence-electron chi connectivity index (χ2n) is 7.25. The van der Waals surface area contributed by atoms with E-state index in [2.05, 4.69) is 4.98 Å². The number of carbonyl (C=O) groups excluding carboxylic acids is 1. The molecule has 1 aromatic carbocycles. The molecule has 30 heavy (non-hydrogen) atoms. The summed E-state index contributed by atoms with van der Waals surface area (Å²) in [5.41, 5.74) is 0.573. The van der Waals surface area contributed by atoms with Gasteiger partial charge in [0, 0.05) is 38.8 Å². The van der Waals surface area contributed by atoms with Gasteiger partial charge < -0.3 is 4.90 Å². The standard InChI is InChI=1S/C19H22N4O5S2/c1-15-14-16(23-19(24)7-13-29(23,25)26)5-6-17(15)30(27,28)22-11-9-21(10-12-22)18-4-2-3-8-20-18/h2-6,8,14H,7,9-13H2,1H3. The van der Waals surface area contributed by atoms with Gasteiger partial charge in [-0.3, -0.25) is 4.79 Å². The molecule has 0 N–H and O–H groups in total. The van der Waals surface area contributed by atoms with E-state index in [4.69, 9.17) is 0 Å². The van der Waals surface area contributed by atoms with E-state index in [0.29, 0.717) is 31.7 Å². The van der Waals surface area contributed by atoms with E-state index >= 15 is 0 Å². The summed E-state index contributed by atoms with van der Waals surface area (Å²) in [6.45, 7) is 3.29. The molecule has 160 valence electrons. The Balaban J connectivity index is 1.54. The number of nitrogens with zero attached hydrogens (tertiary/aromatic N) is 4. The number of hydrogen-bond donors (Lipinski definition) is 0. The molecule has 2 saturated heterocycles. The molecule has 9 nitrogen and oxygen atoms in total. The van der Waals surface area contributed by atoms with Gasteiger partial charge in [0.25, 0.3) is 0 Å². The minimum Gasteiger partial charge on any atom is -0.354 e. The van der Waals surface area contributed by atoms with E-state index in [1.807, 2.05) is 23.1 Å². The van der Waals surface area contributed by atoms with Gasteiger partial charge in [0.05, 0.1) is 16.3 Å². The first kappa shape index (κ1) is 20.8. The Labute approximate surface area is 176 Å². The van der Waals surface area contributed by atoms with E-state index in [-0.39, 0.29) is 22.8 Å². The Bertz CT molecular complexity index is 1170. The molecule has 2 fully saturated rings. The van der Waals surface area contributed by atoms with Gasteiger partial charge in [0.2, 0.25) is 26.0 Å². The van der Waals surface area contributed by atoms with Crippen molar-refractivity contribution < 1.29 is 21.6 Å². The number of anilines is 2. The van der Waals surface area contributed by atoms with E-state index in [0.717, 1.165) is 10.1 Å². The average Bonchev–Trinajstić information content (AvgIpc) is 3.00. The van der Waals surface area contributed by atoms with Crippen molar-refractivity contribution in [3.8, 4) is 0 Å². The van der Waals surface area contributed by atoms with Crippen LogP contribution >= 0.6 is 0 Å². The van der Waals surface area contributed by atoms with Crippen molar-refractivity contribution in [1.29, 1.82) is 0 Å². The van der Waals surface area contributed by atoms with Gasteiger partial charge in [-0.25, -0.2) is 26.1 Å². The number of amides is 1. The van der Waals surface area contributed by atoms with Crippen molar-refractivity contribution in [2.45, 2.75) is 18.2 Å². The van der Waals surface area contributed by atoms with Crippen LogP contribution in [0.1, 0.15) is 12.0 Å². The lowest BCUT2D eigenvalue weighted by molar-refractivity contribution is -0.116. The summed E-state index contributed by atoms with van der Waals surface area (Å²) >= 11 is 0. The van der Waals surface area contributed by atoms with Crippen LogP contribution in [0.5, 0.6) is 0 Å². The van der Waals surface area contributed by atoms with Crippen LogP contribution in [0, 0.1) is 6.92 Å². The SMILES string of the molecule is Cc1cc(N2C(=O)CCS2(=O)=O)ccc1S(=O)(=O)N1CCN(c2ccccn2)CC1. The minimum absolute atomic E-state index is 0.0675. The van der Waals surface area contributed by atoms with Crippen LogP contribution in [0.2, 0.25) is 0 Å². The topological polar surface area (TPSA) is 108 Å². The molecule has 0 aliphatic carbocycles. The van der Waals surface area contributed by atoms with E-state index in [1.165, 1.54) is 22.5 Å². The Kier molecular flexibility index (Phi) is 5.28. The molecule has 0 bridgehead atoms. The Morgan fingerprint density at radius 2 is 1.77 bits per heavy atom. The van der Waals surface area contributed by atoms with Crippen LogP contribution in [0.15, 0.2) is 47.5 Å². The highest BCUT2D eigenvalue weighted by atomic mass is 32.2. The van der Waals surface area contributed by atoms with Crippen LogP contribution in [0.3, 0.4) is 0 Å². The third kappa shape index (κ3) is 3.68. The number of sulfonamides is 2. The first-order valence-electron chi connectivity index (χ1n) is 9.53. The summed E-state index contributed by atoms with van der Waals surface area (Å²) in [6, 6.07) is 9.81. The molecule has 1 aromatic heterocycles. The monoisotopic (exact) mass is 450 g/mol. The highest BCUT2D eigenvalue weighted by molar-refractivity contribution is 7.94. The zero-order valence-corrected chi connectivity index (χ0v) is 18.1. The van der Waals surface area contributed by atoms with Crippen LogP contribution in [-0.2, 0) is 24.8 Å². The molecule has 3 heterocycles. The fraction of sp³-hybridized carbons (Fsp3) is 0.368. The van der Waals surface area contributed by atoms with Gasteiger partial charge in [-0.15, -0.1) is 0 Å². The molecule has 4 rings (SSSR count). The maximum atomic E-state index is 13.2. The van der Waals surface area contributed by atoms with Crippen LogP contribution in [0.25, 0.3) is 0 Å². The number of aromatic nitrogens is 1. The highest BCUT2D eigenvalue weighted by Gasteiger charge is 2.37. The molecule has 0 unspecified atom stereocenters. The van der Waals surface area contributed by atoms with Gasteiger partial charge in [0.15, 0.2) is 0 Å². The molecule has 11 heteroatoms. The lowest BCUT2D eigenvalue weighted by Gasteiger charge is -2.34. The zero-order chi connectivity index (χ0) is 21.5.